The predicted octanol–water partition coefficient (Wildman–Crippen LogP) is 5.34. The number of halogens is 2. The zero-order valence-electron chi connectivity index (χ0n) is 15.6. The Hall–Kier alpha value is -3.02. The minimum absolute atomic E-state index is 0.328. The second kappa shape index (κ2) is 9.96. The molecule has 1 amide bonds. The summed E-state index contributed by atoms with van der Waals surface area (Å²) in [6.45, 7) is 0.363. The van der Waals surface area contributed by atoms with Crippen LogP contribution in [0.15, 0.2) is 71.8 Å². The Kier molecular flexibility index (Phi) is 7.11. The number of ether oxygens (including phenoxy) is 2. The maximum atomic E-state index is 12.1. The maximum absolute atomic E-state index is 12.1. The van der Waals surface area contributed by atoms with Crippen LogP contribution in [0.3, 0.4) is 0 Å². The molecular formula is C22H18Cl2N2O3. The smallest absolute Gasteiger partial charge is 0.271 e. The molecule has 3 aromatic rings. The average molecular weight is 429 g/mol. The van der Waals surface area contributed by atoms with E-state index >= 15 is 0 Å². The number of rotatable bonds is 7. The van der Waals surface area contributed by atoms with E-state index in [9.17, 15) is 4.79 Å². The summed E-state index contributed by atoms with van der Waals surface area (Å²) < 4.78 is 11.2. The van der Waals surface area contributed by atoms with Crippen LogP contribution in [0, 0.1) is 0 Å². The topological polar surface area (TPSA) is 59.9 Å². The Balaban J connectivity index is 1.65. The molecule has 0 aliphatic rings. The number of nitrogens with zero attached hydrogens (tertiary/aromatic N) is 1. The van der Waals surface area contributed by atoms with Gasteiger partial charge in [0, 0.05) is 15.6 Å². The summed E-state index contributed by atoms with van der Waals surface area (Å²) in [7, 11) is 1.57. The van der Waals surface area contributed by atoms with Gasteiger partial charge in [-0.2, -0.15) is 5.10 Å². The lowest BCUT2D eigenvalue weighted by Crippen LogP contribution is -2.17. The molecule has 3 aromatic carbocycles. The van der Waals surface area contributed by atoms with E-state index in [1.807, 2.05) is 30.3 Å². The SMILES string of the molecule is COc1ccc(/C=N\NC(=O)c2ccc(Cl)cc2)cc1OCc1ccc(Cl)cc1. The first kappa shape index (κ1) is 20.7. The number of benzene rings is 3. The third-order valence-corrected chi connectivity index (χ3v) is 4.49. The maximum Gasteiger partial charge on any atom is 0.271 e. The van der Waals surface area contributed by atoms with Crippen LogP contribution in [-0.2, 0) is 6.61 Å². The first-order valence-electron chi connectivity index (χ1n) is 8.69. The van der Waals surface area contributed by atoms with Crippen molar-refractivity contribution in [2.75, 3.05) is 7.11 Å². The van der Waals surface area contributed by atoms with Crippen LogP contribution in [-0.4, -0.2) is 19.2 Å². The van der Waals surface area contributed by atoms with Gasteiger partial charge in [-0.05, 0) is 65.7 Å². The summed E-state index contributed by atoms with van der Waals surface area (Å²) in [4.78, 5) is 12.1. The van der Waals surface area contributed by atoms with Crippen molar-refractivity contribution in [1.82, 2.24) is 5.43 Å². The molecule has 5 nitrogen and oxygen atoms in total. The fourth-order valence-corrected chi connectivity index (χ4v) is 2.71. The molecule has 7 heteroatoms. The van der Waals surface area contributed by atoms with E-state index in [0.29, 0.717) is 33.7 Å². The minimum Gasteiger partial charge on any atom is -0.493 e. The number of carbonyl (C=O) groups is 1. The van der Waals surface area contributed by atoms with Crippen molar-refractivity contribution in [3.63, 3.8) is 0 Å². The zero-order chi connectivity index (χ0) is 20.6. The van der Waals surface area contributed by atoms with E-state index in [1.54, 1.807) is 43.5 Å². The molecule has 0 spiro atoms. The van der Waals surface area contributed by atoms with Crippen LogP contribution in [0.1, 0.15) is 21.5 Å². The summed E-state index contributed by atoms with van der Waals surface area (Å²) >= 11 is 11.7. The molecule has 1 N–H and O–H groups in total. The van der Waals surface area contributed by atoms with Crippen LogP contribution in [0.25, 0.3) is 0 Å². The molecule has 0 fully saturated rings. The van der Waals surface area contributed by atoms with Gasteiger partial charge in [0.2, 0.25) is 0 Å². The second-order valence-corrected chi connectivity index (χ2v) is 6.90. The van der Waals surface area contributed by atoms with Crippen molar-refractivity contribution in [2.24, 2.45) is 5.10 Å². The highest BCUT2D eigenvalue weighted by Gasteiger charge is 2.07. The van der Waals surface area contributed by atoms with E-state index in [0.717, 1.165) is 11.1 Å². The van der Waals surface area contributed by atoms with E-state index in [1.165, 1.54) is 6.21 Å². The highest BCUT2D eigenvalue weighted by atomic mass is 35.5. The van der Waals surface area contributed by atoms with Crippen LogP contribution in [0.2, 0.25) is 10.0 Å². The molecular weight excluding hydrogens is 411 g/mol. The molecule has 0 heterocycles. The van der Waals surface area contributed by atoms with Gasteiger partial charge in [-0.15, -0.1) is 0 Å². The fourth-order valence-electron chi connectivity index (χ4n) is 2.46. The summed E-state index contributed by atoms with van der Waals surface area (Å²) in [5.41, 5.74) is 4.67. The Morgan fingerprint density at radius 3 is 2.28 bits per heavy atom. The van der Waals surface area contributed by atoms with Crippen molar-refractivity contribution >= 4 is 35.3 Å². The molecule has 0 atom stereocenters. The molecule has 0 bridgehead atoms. The number of methoxy groups -OCH3 is 1. The molecule has 0 aliphatic heterocycles. The summed E-state index contributed by atoms with van der Waals surface area (Å²) in [6.07, 6.45) is 1.53. The molecule has 0 unspecified atom stereocenters. The van der Waals surface area contributed by atoms with Gasteiger partial charge in [0.15, 0.2) is 11.5 Å². The van der Waals surface area contributed by atoms with Gasteiger partial charge in [0.1, 0.15) is 6.61 Å². The van der Waals surface area contributed by atoms with E-state index in [-0.39, 0.29) is 5.91 Å². The lowest BCUT2D eigenvalue weighted by molar-refractivity contribution is 0.0955. The third kappa shape index (κ3) is 5.98. The first-order chi connectivity index (χ1) is 14.0. The molecule has 0 aliphatic carbocycles. The molecule has 3 rings (SSSR count). The molecule has 0 radical (unpaired) electrons. The lowest BCUT2D eigenvalue weighted by atomic mass is 10.2. The van der Waals surface area contributed by atoms with Crippen molar-refractivity contribution in [3.05, 3.63) is 93.5 Å². The molecule has 0 saturated heterocycles. The van der Waals surface area contributed by atoms with Gasteiger partial charge in [-0.25, -0.2) is 5.43 Å². The Morgan fingerprint density at radius 2 is 1.62 bits per heavy atom. The fraction of sp³-hybridized carbons (Fsp3) is 0.0909. The highest BCUT2D eigenvalue weighted by Crippen LogP contribution is 2.28. The monoisotopic (exact) mass is 428 g/mol. The molecule has 0 aromatic heterocycles. The van der Waals surface area contributed by atoms with Gasteiger partial charge in [-0.1, -0.05) is 35.3 Å². The van der Waals surface area contributed by atoms with E-state index < -0.39 is 0 Å². The number of hydrogen-bond acceptors (Lipinski definition) is 4. The quantitative estimate of drug-likeness (QED) is 0.407. The summed E-state index contributed by atoms with van der Waals surface area (Å²) in [6, 6.07) is 19.3. The summed E-state index contributed by atoms with van der Waals surface area (Å²) in [5, 5.41) is 5.23. The standard InChI is InChI=1S/C22H18Cl2N2O3/c1-28-20-11-4-16(12-21(20)29-14-15-2-7-18(23)8-3-15)13-25-26-22(27)17-5-9-19(24)10-6-17/h2-13H,14H2,1H3,(H,26,27)/b25-13-. The molecule has 29 heavy (non-hydrogen) atoms. The normalized spacial score (nSPS) is 10.7. The Bertz CT molecular complexity index is 1000. The van der Waals surface area contributed by atoms with Gasteiger partial charge in [-0.3, -0.25) is 4.79 Å². The van der Waals surface area contributed by atoms with E-state index in [2.05, 4.69) is 10.5 Å². The van der Waals surface area contributed by atoms with Gasteiger partial charge in [0.25, 0.3) is 5.91 Å². The first-order valence-corrected chi connectivity index (χ1v) is 9.45. The van der Waals surface area contributed by atoms with Crippen LogP contribution < -0.4 is 14.9 Å². The van der Waals surface area contributed by atoms with Gasteiger partial charge in [0.05, 0.1) is 13.3 Å². The van der Waals surface area contributed by atoms with Gasteiger partial charge >= 0.3 is 0 Å². The number of hydrogen-bond donors (Lipinski definition) is 1. The van der Waals surface area contributed by atoms with Crippen LogP contribution >= 0.6 is 23.2 Å². The Morgan fingerprint density at radius 1 is 0.966 bits per heavy atom. The van der Waals surface area contributed by atoms with E-state index in [4.69, 9.17) is 32.7 Å². The van der Waals surface area contributed by atoms with Crippen molar-refractivity contribution in [3.8, 4) is 11.5 Å². The Labute approximate surface area is 178 Å². The number of hydrazone groups is 1. The number of nitrogens with one attached hydrogen (secondary N) is 1. The molecule has 0 saturated carbocycles. The van der Waals surface area contributed by atoms with Crippen molar-refractivity contribution in [2.45, 2.75) is 6.61 Å². The molecule has 148 valence electrons. The number of carbonyl (C=O) groups excluding carboxylic acids is 1. The lowest BCUT2D eigenvalue weighted by Gasteiger charge is -2.11. The van der Waals surface area contributed by atoms with Crippen molar-refractivity contribution < 1.29 is 14.3 Å². The zero-order valence-corrected chi connectivity index (χ0v) is 17.1. The predicted molar refractivity (Wildman–Crippen MR) is 115 cm³/mol. The largest absolute Gasteiger partial charge is 0.493 e. The summed E-state index contributed by atoms with van der Waals surface area (Å²) in [5.74, 6) is 0.836. The third-order valence-electron chi connectivity index (χ3n) is 3.98. The van der Waals surface area contributed by atoms with Gasteiger partial charge < -0.3 is 9.47 Å². The number of amides is 1. The second-order valence-electron chi connectivity index (χ2n) is 6.03. The van der Waals surface area contributed by atoms with Crippen LogP contribution in [0.5, 0.6) is 11.5 Å². The minimum atomic E-state index is -0.328. The highest BCUT2D eigenvalue weighted by molar-refractivity contribution is 6.30. The van der Waals surface area contributed by atoms with Crippen LogP contribution in [0.4, 0.5) is 0 Å². The average Bonchev–Trinajstić information content (AvgIpc) is 2.74. The van der Waals surface area contributed by atoms with Crippen molar-refractivity contribution in [1.29, 1.82) is 0 Å².